The number of rotatable bonds is 1. The molecule has 1 aliphatic heterocycles. The van der Waals surface area contributed by atoms with Gasteiger partial charge in [-0.2, -0.15) is 13.2 Å². The van der Waals surface area contributed by atoms with E-state index in [1.54, 1.807) is 0 Å². The summed E-state index contributed by atoms with van der Waals surface area (Å²) in [7, 11) is 0. The normalized spacial score (nSPS) is 17.1. The van der Waals surface area contributed by atoms with E-state index >= 15 is 0 Å². The third-order valence-electron chi connectivity index (χ3n) is 3.15. The van der Waals surface area contributed by atoms with Gasteiger partial charge in [-0.25, -0.2) is 8.78 Å². The van der Waals surface area contributed by atoms with Gasteiger partial charge in [0.15, 0.2) is 0 Å². The highest BCUT2D eigenvalue weighted by atomic mass is 35.5. The minimum absolute atomic E-state index is 0. The Hall–Kier alpha value is -0.880. The summed E-state index contributed by atoms with van der Waals surface area (Å²) < 4.78 is 65.0. The van der Waals surface area contributed by atoms with E-state index in [2.05, 4.69) is 5.32 Å². The van der Waals surface area contributed by atoms with Gasteiger partial charge in [0.2, 0.25) is 0 Å². The Balaban J connectivity index is 0.00000180. The number of hydrogen-bond donors (Lipinski definition) is 1. The van der Waals surface area contributed by atoms with Gasteiger partial charge in [0.1, 0.15) is 11.6 Å². The average molecular weight is 302 g/mol. The number of piperidine rings is 1. The molecular formula is C12H13ClF5N. The van der Waals surface area contributed by atoms with Crippen molar-refractivity contribution in [2.75, 3.05) is 13.1 Å². The highest BCUT2D eigenvalue weighted by molar-refractivity contribution is 5.85. The second kappa shape index (κ2) is 6.05. The third-order valence-corrected chi connectivity index (χ3v) is 3.15. The second-order valence-electron chi connectivity index (χ2n) is 4.37. The summed E-state index contributed by atoms with van der Waals surface area (Å²) in [5, 5.41) is 3.00. The molecule has 108 valence electrons. The van der Waals surface area contributed by atoms with Gasteiger partial charge in [0, 0.05) is 6.07 Å². The van der Waals surface area contributed by atoms with Crippen LogP contribution in [0.5, 0.6) is 0 Å². The number of halogens is 6. The van der Waals surface area contributed by atoms with Crippen LogP contribution in [0.2, 0.25) is 0 Å². The molecule has 0 amide bonds. The smallest absolute Gasteiger partial charge is 0.317 e. The predicted octanol–water partition coefficient (Wildman–Crippen LogP) is 3.87. The summed E-state index contributed by atoms with van der Waals surface area (Å²) in [4.78, 5) is 0. The van der Waals surface area contributed by atoms with Crippen molar-refractivity contribution in [2.24, 2.45) is 0 Å². The third kappa shape index (κ3) is 3.57. The van der Waals surface area contributed by atoms with Crippen LogP contribution in [0.15, 0.2) is 12.1 Å². The van der Waals surface area contributed by atoms with Crippen molar-refractivity contribution in [1.29, 1.82) is 0 Å². The van der Waals surface area contributed by atoms with Gasteiger partial charge in [-0.3, -0.25) is 0 Å². The molecule has 1 heterocycles. The van der Waals surface area contributed by atoms with Gasteiger partial charge in [0.25, 0.3) is 0 Å². The van der Waals surface area contributed by atoms with Crippen LogP contribution in [0.4, 0.5) is 22.0 Å². The molecule has 7 heteroatoms. The zero-order valence-electron chi connectivity index (χ0n) is 9.86. The SMILES string of the molecule is Cl.Fc1cc(F)c(C(F)(F)F)c(C2CCNCC2)c1. The summed E-state index contributed by atoms with van der Waals surface area (Å²) in [5.74, 6) is -2.95. The van der Waals surface area contributed by atoms with Crippen LogP contribution in [-0.2, 0) is 6.18 Å². The fraction of sp³-hybridized carbons (Fsp3) is 0.500. The van der Waals surface area contributed by atoms with Crippen LogP contribution in [0, 0.1) is 11.6 Å². The number of hydrogen-bond acceptors (Lipinski definition) is 1. The molecule has 0 bridgehead atoms. The molecule has 2 rings (SSSR count). The number of benzene rings is 1. The monoisotopic (exact) mass is 301 g/mol. The van der Waals surface area contributed by atoms with Crippen molar-refractivity contribution in [1.82, 2.24) is 5.32 Å². The first kappa shape index (κ1) is 16.2. The summed E-state index contributed by atoms with van der Waals surface area (Å²) in [6.07, 6.45) is -3.89. The summed E-state index contributed by atoms with van der Waals surface area (Å²) >= 11 is 0. The van der Waals surface area contributed by atoms with Gasteiger partial charge in [0.05, 0.1) is 5.56 Å². The minimum atomic E-state index is -4.79. The predicted molar refractivity (Wildman–Crippen MR) is 63.5 cm³/mol. The van der Waals surface area contributed by atoms with Crippen molar-refractivity contribution in [3.63, 3.8) is 0 Å². The van der Waals surface area contributed by atoms with Crippen LogP contribution >= 0.6 is 12.4 Å². The van der Waals surface area contributed by atoms with Gasteiger partial charge in [-0.15, -0.1) is 12.4 Å². The maximum Gasteiger partial charge on any atom is 0.419 e. The highest BCUT2D eigenvalue weighted by Crippen LogP contribution is 2.39. The van der Waals surface area contributed by atoms with Gasteiger partial charge >= 0.3 is 6.18 Å². The molecule has 1 aromatic carbocycles. The first-order valence-corrected chi connectivity index (χ1v) is 5.66. The lowest BCUT2D eigenvalue weighted by molar-refractivity contribution is -0.140. The van der Waals surface area contributed by atoms with E-state index in [1.165, 1.54) is 0 Å². The Morgan fingerprint density at radius 3 is 2.16 bits per heavy atom. The van der Waals surface area contributed by atoms with Crippen molar-refractivity contribution in [2.45, 2.75) is 24.9 Å². The van der Waals surface area contributed by atoms with Crippen LogP contribution in [0.1, 0.15) is 29.9 Å². The second-order valence-corrected chi connectivity index (χ2v) is 4.37. The Morgan fingerprint density at radius 1 is 1.05 bits per heavy atom. The van der Waals surface area contributed by atoms with Crippen LogP contribution in [0.25, 0.3) is 0 Å². The summed E-state index contributed by atoms with van der Waals surface area (Å²) in [6, 6.07) is 1.09. The van der Waals surface area contributed by atoms with Crippen molar-refractivity contribution in [3.05, 3.63) is 34.9 Å². The molecule has 1 nitrogen and oxygen atoms in total. The molecule has 0 aromatic heterocycles. The molecule has 0 atom stereocenters. The zero-order chi connectivity index (χ0) is 13.3. The maximum absolute atomic E-state index is 13.4. The van der Waals surface area contributed by atoms with Crippen LogP contribution < -0.4 is 5.32 Å². The topological polar surface area (TPSA) is 12.0 Å². The lowest BCUT2D eigenvalue weighted by Gasteiger charge is -2.26. The van der Waals surface area contributed by atoms with Crippen molar-refractivity contribution < 1.29 is 22.0 Å². The zero-order valence-corrected chi connectivity index (χ0v) is 10.7. The molecule has 1 aliphatic rings. The fourth-order valence-electron chi connectivity index (χ4n) is 2.35. The van der Waals surface area contributed by atoms with E-state index in [0.717, 1.165) is 6.07 Å². The van der Waals surface area contributed by atoms with Gasteiger partial charge < -0.3 is 5.32 Å². The highest BCUT2D eigenvalue weighted by Gasteiger charge is 2.39. The molecule has 19 heavy (non-hydrogen) atoms. The average Bonchev–Trinajstić information content (AvgIpc) is 2.27. The quantitative estimate of drug-likeness (QED) is 0.776. The number of nitrogens with one attached hydrogen (secondary N) is 1. The van der Waals surface area contributed by atoms with E-state index in [9.17, 15) is 22.0 Å². The summed E-state index contributed by atoms with van der Waals surface area (Å²) in [5.41, 5.74) is -1.59. The molecule has 1 saturated heterocycles. The van der Waals surface area contributed by atoms with E-state index in [-0.39, 0.29) is 24.0 Å². The minimum Gasteiger partial charge on any atom is -0.317 e. The molecule has 0 saturated carbocycles. The molecule has 1 fully saturated rings. The number of alkyl halides is 3. The van der Waals surface area contributed by atoms with E-state index in [4.69, 9.17) is 0 Å². The largest absolute Gasteiger partial charge is 0.419 e. The lowest BCUT2D eigenvalue weighted by Crippen LogP contribution is -2.28. The van der Waals surface area contributed by atoms with Crippen molar-refractivity contribution >= 4 is 12.4 Å². The Labute approximate surface area is 113 Å². The van der Waals surface area contributed by atoms with E-state index < -0.39 is 29.3 Å². The van der Waals surface area contributed by atoms with Crippen LogP contribution in [-0.4, -0.2) is 13.1 Å². The molecule has 0 radical (unpaired) electrons. The summed E-state index contributed by atoms with van der Waals surface area (Å²) in [6.45, 7) is 1.11. The lowest BCUT2D eigenvalue weighted by atomic mass is 9.86. The van der Waals surface area contributed by atoms with Crippen LogP contribution in [0.3, 0.4) is 0 Å². The standard InChI is InChI=1S/C12H12F5N.ClH/c13-8-5-9(7-1-3-18-4-2-7)11(10(14)6-8)12(15,16)17;/h5-7,18H,1-4H2;1H. The molecule has 1 N–H and O–H groups in total. The fourth-order valence-corrected chi connectivity index (χ4v) is 2.35. The molecule has 1 aromatic rings. The Kier molecular flexibility index (Phi) is 5.15. The molecule has 0 unspecified atom stereocenters. The molecular weight excluding hydrogens is 289 g/mol. The van der Waals surface area contributed by atoms with E-state index in [0.29, 0.717) is 25.9 Å². The van der Waals surface area contributed by atoms with Gasteiger partial charge in [-0.05, 0) is 43.5 Å². The Morgan fingerprint density at radius 2 is 1.63 bits per heavy atom. The Bertz CT molecular complexity index is 440. The maximum atomic E-state index is 13.4. The first-order chi connectivity index (χ1) is 8.39. The molecule has 0 aliphatic carbocycles. The van der Waals surface area contributed by atoms with E-state index in [1.807, 2.05) is 0 Å². The first-order valence-electron chi connectivity index (χ1n) is 5.66. The van der Waals surface area contributed by atoms with Gasteiger partial charge in [-0.1, -0.05) is 0 Å². The van der Waals surface area contributed by atoms with Crippen molar-refractivity contribution in [3.8, 4) is 0 Å². The molecule has 0 spiro atoms.